The number of rotatable bonds is 4. The number of anilines is 1. The maximum atomic E-state index is 12.5. The maximum Gasteiger partial charge on any atom is 0.266 e. The summed E-state index contributed by atoms with van der Waals surface area (Å²) in [6.07, 6.45) is 1.68. The topological polar surface area (TPSA) is 69.6 Å². The van der Waals surface area contributed by atoms with E-state index in [4.69, 9.17) is 23.8 Å². The van der Waals surface area contributed by atoms with E-state index in [2.05, 4.69) is 5.32 Å². The van der Waals surface area contributed by atoms with Crippen LogP contribution in [0.5, 0.6) is 5.75 Å². The Morgan fingerprint density at radius 2 is 1.85 bits per heavy atom. The molecule has 0 bridgehead atoms. The van der Waals surface area contributed by atoms with Gasteiger partial charge in [0.05, 0.1) is 4.91 Å². The number of thioether (sulfide) groups is 1. The van der Waals surface area contributed by atoms with Gasteiger partial charge in [-0.05, 0) is 48.0 Å². The molecule has 0 spiro atoms. The summed E-state index contributed by atoms with van der Waals surface area (Å²) in [5.41, 5.74) is 1.35. The molecule has 132 valence electrons. The van der Waals surface area contributed by atoms with Crippen molar-refractivity contribution >= 4 is 63.5 Å². The van der Waals surface area contributed by atoms with Crippen LogP contribution in [0.3, 0.4) is 0 Å². The number of halogens is 1. The van der Waals surface area contributed by atoms with Crippen LogP contribution >= 0.6 is 35.6 Å². The first kappa shape index (κ1) is 18.4. The standard InChI is InChI=1S/C18H13ClN2O3S2/c19-12-3-5-13(6-4-12)20-16(23)10-21-17(24)15(26-18(21)25)9-11-1-7-14(22)8-2-11/h1-9,22H,10H2,(H,20,23)/b15-9-. The highest BCUT2D eigenvalue weighted by Crippen LogP contribution is 2.32. The van der Waals surface area contributed by atoms with Gasteiger partial charge in [0.15, 0.2) is 0 Å². The summed E-state index contributed by atoms with van der Waals surface area (Å²) >= 11 is 12.2. The van der Waals surface area contributed by atoms with Gasteiger partial charge in [-0.3, -0.25) is 14.5 Å². The Hall–Kier alpha value is -2.35. The molecule has 1 fully saturated rings. The third-order valence-corrected chi connectivity index (χ3v) is 5.12. The summed E-state index contributed by atoms with van der Waals surface area (Å²) in [4.78, 5) is 26.4. The fourth-order valence-electron chi connectivity index (χ4n) is 2.24. The molecule has 0 aliphatic carbocycles. The van der Waals surface area contributed by atoms with E-state index in [1.807, 2.05) is 0 Å². The fourth-order valence-corrected chi connectivity index (χ4v) is 3.62. The van der Waals surface area contributed by atoms with E-state index in [0.717, 1.165) is 17.3 Å². The minimum atomic E-state index is -0.352. The second-order valence-corrected chi connectivity index (χ2v) is 7.53. The summed E-state index contributed by atoms with van der Waals surface area (Å²) in [7, 11) is 0. The first-order chi connectivity index (χ1) is 12.4. The molecule has 0 aromatic heterocycles. The van der Waals surface area contributed by atoms with Crippen LogP contribution in [0.25, 0.3) is 6.08 Å². The lowest BCUT2D eigenvalue weighted by Crippen LogP contribution is -2.36. The van der Waals surface area contributed by atoms with Crippen molar-refractivity contribution in [1.29, 1.82) is 0 Å². The van der Waals surface area contributed by atoms with Gasteiger partial charge in [0, 0.05) is 10.7 Å². The van der Waals surface area contributed by atoms with Gasteiger partial charge in [0.1, 0.15) is 16.6 Å². The van der Waals surface area contributed by atoms with Gasteiger partial charge in [0.25, 0.3) is 5.91 Å². The molecular weight excluding hydrogens is 392 g/mol. The first-order valence-corrected chi connectivity index (χ1v) is 9.12. The fraction of sp³-hybridized carbons (Fsp3) is 0.0556. The van der Waals surface area contributed by atoms with Crippen molar-refractivity contribution < 1.29 is 14.7 Å². The predicted octanol–water partition coefficient (Wildman–Crippen LogP) is 3.89. The highest BCUT2D eigenvalue weighted by Gasteiger charge is 2.33. The molecule has 3 rings (SSSR count). The molecule has 5 nitrogen and oxygen atoms in total. The highest BCUT2D eigenvalue weighted by molar-refractivity contribution is 8.26. The van der Waals surface area contributed by atoms with E-state index in [1.165, 1.54) is 17.0 Å². The van der Waals surface area contributed by atoms with Crippen LogP contribution in [0.1, 0.15) is 5.56 Å². The lowest BCUT2D eigenvalue weighted by Gasteiger charge is -2.14. The Balaban J connectivity index is 1.67. The van der Waals surface area contributed by atoms with Crippen LogP contribution in [-0.2, 0) is 9.59 Å². The molecule has 26 heavy (non-hydrogen) atoms. The number of hydrogen-bond donors (Lipinski definition) is 2. The van der Waals surface area contributed by atoms with Crippen molar-refractivity contribution in [1.82, 2.24) is 4.90 Å². The van der Waals surface area contributed by atoms with Gasteiger partial charge >= 0.3 is 0 Å². The SMILES string of the molecule is O=C(CN1C(=O)/C(=C/c2ccc(O)cc2)SC1=S)Nc1ccc(Cl)cc1. The van der Waals surface area contributed by atoms with E-state index >= 15 is 0 Å². The van der Waals surface area contributed by atoms with Gasteiger partial charge in [0.2, 0.25) is 5.91 Å². The number of phenols is 1. The molecule has 0 saturated carbocycles. The van der Waals surface area contributed by atoms with Crippen LogP contribution in [0.4, 0.5) is 5.69 Å². The number of aromatic hydroxyl groups is 1. The molecule has 0 radical (unpaired) electrons. The summed E-state index contributed by atoms with van der Waals surface area (Å²) in [5.74, 6) is -0.526. The minimum absolute atomic E-state index is 0.147. The minimum Gasteiger partial charge on any atom is -0.508 e. The molecule has 1 heterocycles. The van der Waals surface area contributed by atoms with Crippen molar-refractivity contribution in [3.8, 4) is 5.75 Å². The lowest BCUT2D eigenvalue weighted by atomic mass is 10.2. The van der Waals surface area contributed by atoms with Crippen LogP contribution in [0.15, 0.2) is 53.4 Å². The summed E-state index contributed by atoms with van der Waals surface area (Å²) in [6, 6.07) is 13.1. The Kier molecular flexibility index (Phi) is 5.61. The first-order valence-electron chi connectivity index (χ1n) is 7.52. The number of phenolic OH excluding ortho intramolecular Hbond substituents is 1. The Bertz CT molecular complexity index is 896. The zero-order valence-corrected chi connectivity index (χ0v) is 15.7. The number of thiocarbonyl (C=S) groups is 1. The summed E-state index contributed by atoms with van der Waals surface area (Å²) in [5, 5.41) is 12.6. The van der Waals surface area contributed by atoms with E-state index < -0.39 is 0 Å². The third-order valence-electron chi connectivity index (χ3n) is 3.49. The quantitative estimate of drug-likeness (QED) is 0.597. The normalized spacial score (nSPS) is 15.6. The van der Waals surface area contributed by atoms with E-state index in [0.29, 0.717) is 19.9 Å². The number of carbonyl (C=O) groups excluding carboxylic acids is 2. The molecule has 2 N–H and O–H groups in total. The van der Waals surface area contributed by atoms with E-state index in [9.17, 15) is 14.7 Å². The lowest BCUT2D eigenvalue weighted by molar-refractivity contribution is -0.126. The molecule has 2 aromatic rings. The van der Waals surface area contributed by atoms with Gasteiger partial charge < -0.3 is 10.4 Å². The molecule has 0 unspecified atom stereocenters. The van der Waals surface area contributed by atoms with Crippen molar-refractivity contribution in [3.63, 3.8) is 0 Å². The van der Waals surface area contributed by atoms with Gasteiger partial charge in [-0.25, -0.2) is 0 Å². The largest absolute Gasteiger partial charge is 0.508 e. The van der Waals surface area contributed by atoms with Crippen molar-refractivity contribution in [2.75, 3.05) is 11.9 Å². The highest BCUT2D eigenvalue weighted by atomic mass is 35.5. The van der Waals surface area contributed by atoms with Crippen molar-refractivity contribution in [3.05, 3.63) is 64.0 Å². The Morgan fingerprint density at radius 1 is 1.19 bits per heavy atom. The van der Waals surface area contributed by atoms with Crippen LogP contribution in [0, 0.1) is 0 Å². The predicted molar refractivity (Wildman–Crippen MR) is 108 cm³/mol. The molecule has 8 heteroatoms. The van der Waals surface area contributed by atoms with Crippen molar-refractivity contribution in [2.45, 2.75) is 0 Å². The monoisotopic (exact) mass is 404 g/mol. The molecule has 2 amide bonds. The molecule has 1 aliphatic rings. The van der Waals surface area contributed by atoms with Gasteiger partial charge in [-0.1, -0.05) is 47.7 Å². The molecule has 1 saturated heterocycles. The summed E-state index contributed by atoms with van der Waals surface area (Å²) in [6.45, 7) is -0.166. The molecular formula is C18H13ClN2O3S2. The second kappa shape index (κ2) is 7.90. The Morgan fingerprint density at radius 3 is 2.50 bits per heavy atom. The zero-order chi connectivity index (χ0) is 18.7. The number of carbonyl (C=O) groups is 2. The average molecular weight is 405 g/mol. The second-order valence-electron chi connectivity index (χ2n) is 5.41. The van der Waals surface area contributed by atoms with Crippen LogP contribution in [-0.4, -0.2) is 32.7 Å². The number of amides is 2. The van der Waals surface area contributed by atoms with E-state index in [1.54, 1.807) is 42.5 Å². The van der Waals surface area contributed by atoms with Crippen LogP contribution in [0.2, 0.25) is 5.02 Å². The van der Waals surface area contributed by atoms with Gasteiger partial charge in [-0.15, -0.1) is 0 Å². The Labute approximate surface area is 164 Å². The van der Waals surface area contributed by atoms with E-state index in [-0.39, 0.29) is 24.1 Å². The molecule has 1 aliphatic heterocycles. The zero-order valence-electron chi connectivity index (χ0n) is 13.3. The van der Waals surface area contributed by atoms with Crippen LogP contribution < -0.4 is 5.32 Å². The number of benzene rings is 2. The van der Waals surface area contributed by atoms with Gasteiger partial charge in [-0.2, -0.15) is 0 Å². The number of hydrogen-bond acceptors (Lipinski definition) is 5. The van der Waals surface area contributed by atoms with Crippen molar-refractivity contribution in [2.24, 2.45) is 0 Å². The maximum absolute atomic E-state index is 12.5. The third kappa shape index (κ3) is 4.43. The smallest absolute Gasteiger partial charge is 0.266 e. The summed E-state index contributed by atoms with van der Waals surface area (Å²) < 4.78 is 0.325. The number of nitrogens with one attached hydrogen (secondary N) is 1. The number of nitrogens with zero attached hydrogens (tertiary/aromatic N) is 1. The average Bonchev–Trinajstić information content (AvgIpc) is 2.86. The molecule has 0 atom stereocenters. The molecule has 2 aromatic carbocycles.